The average molecular weight is 471 g/mol. The monoisotopic (exact) mass is 470 g/mol. The van der Waals surface area contributed by atoms with Crippen molar-refractivity contribution in [3.8, 4) is 23.1 Å². The zero-order chi connectivity index (χ0) is 24.6. The zero-order valence-corrected chi connectivity index (χ0v) is 19.9. The number of carbonyl (C=O) groups is 1. The minimum absolute atomic E-state index is 0.0986. The van der Waals surface area contributed by atoms with Crippen LogP contribution in [0.2, 0.25) is 0 Å². The fraction of sp³-hybridized carbons (Fsp3) is 0.333. The van der Waals surface area contributed by atoms with E-state index in [2.05, 4.69) is 44.5 Å². The van der Waals surface area contributed by atoms with Crippen LogP contribution in [-0.2, 0) is 6.54 Å². The third-order valence-electron chi connectivity index (χ3n) is 6.25. The lowest BCUT2D eigenvalue weighted by molar-refractivity contribution is 0.0929. The molecule has 0 spiro atoms. The van der Waals surface area contributed by atoms with Crippen molar-refractivity contribution in [3.05, 3.63) is 71.7 Å². The predicted octanol–water partition coefficient (Wildman–Crippen LogP) is 3.64. The summed E-state index contributed by atoms with van der Waals surface area (Å²) in [6.45, 7) is 5.57. The van der Waals surface area contributed by atoms with Crippen molar-refractivity contribution in [2.75, 3.05) is 32.0 Å². The SMILES string of the molecule is CCOc1nc(C(=O)NCC2CCN(Cc3cccc(-c4ccncc4)c3)CC2)cc(N)c1C#N. The van der Waals surface area contributed by atoms with Crippen LogP contribution in [0.4, 0.5) is 5.69 Å². The first-order chi connectivity index (χ1) is 17.1. The van der Waals surface area contributed by atoms with Gasteiger partial charge in [0, 0.05) is 25.5 Å². The zero-order valence-electron chi connectivity index (χ0n) is 19.9. The number of rotatable bonds is 8. The molecule has 0 radical (unpaired) electrons. The molecule has 1 saturated heterocycles. The van der Waals surface area contributed by atoms with Crippen LogP contribution in [-0.4, -0.2) is 47.0 Å². The number of nitrogens with zero attached hydrogens (tertiary/aromatic N) is 4. The maximum atomic E-state index is 12.7. The van der Waals surface area contributed by atoms with Crippen molar-refractivity contribution < 1.29 is 9.53 Å². The fourth-order valence-electron chi connectivity index (χ4n) is 4.34. The van der Waals surface area contributed by atoms with E-state index in [1.54, 1.807) is 6.92 Å². The van der Waals surface area contributed by atoms with Gasteiger partial charge in [-0.3, -0.25) is 14.7 Å². The van der Waals surface area contributed by atoms with Gasteiger partial charge in [0.2, 0.25) is 5.88 Å². The molecule has 0 aliphatic carbocycles. The average Bonchev–Trinajstić information content (AvgIpc) is 2.89. The maximum Gasteiger partial charge on any atom is 0.270 e. The van der Waals surface area contributed by atoms with Gasteiger partial charge in [0.1, 0.15) is 17.3 Å². The number of ether oxygens (including phenoxy) is 1. The summed E-state index contributed by atoms with van der Waals surface area (Å²) in [5, 5.41) is 12.2. The first-order valence-corrected chi connectivity index (χ1v) is 11.9. The standard InChI is InChI=1S/C27H30N6O2/c1-2-35-27-23(16-28)24(29)15-25(32-27)26(34)31-17-19-8-12-33(13-9-19)18-20-4-3-5-22(14-20)21-6-10-30-11-7-21/h3-7,10-11,14-15,19H,2,8-9,12-13,17-18H2,1H3,(H2,29,32)(H,31,34). The molecule has 2 aromatic heterocycles. The summed E-state index contributed by atoms with van der Waals surface area (Å²) in [5.74, 6) is 0.194. The summed E-state index contributed by atoms with van der Waals surface area (Å²) in [6, 6.07) is 16.1. The number of nitrogens with two attached hydrogens (primary N) is 1. The molecule has 0 bridgehead atoms. The van der Waals surface area contributed by atoms with Gasteiger partial charge >= 0.3 is 0 Å². The van der Waals surface area contributed by atoms with Crippen LogP contribution in [0.15, 0.2) is 54.9 Å². The highest BCUT2D eigenvalue weighted by molar-refractivity contribution is 5.93. The number of hydrogen-bond donors (Lipinski definition) is 2. The van der Waals surface area contributed by atoms with E-state index in [1.807, 2.05) is 30.6 Å². The molecule has 1 aliphatic heterocycles. The number of nitriles is 1. The van der Waals surface area contributed by atoms with Crippen LogP contribution in [0.25, 0.3) is 11.1 Å². The van der Waals surface area contributed by atoms with E-state index < -0.39 is 0 Å². The van der Waals surface area contributed by atoms with Crippen molar-refractivity contribution in [2.24, 2.45) is 5.92 Å². The molecular weight excluding hydrogens is 440 g/mol. The van der Waals surface area contributed by atoms with Crippen molar-refractivity contribution in [3.63, 3.8) is 0 Å². The van der Waals surface area contributed by atoms with E-state index in [0.717, 1.165) is 32.5 Å². The van der Waals surface area contributed by atoms with Crippen LogP contribution in [0.5, 0.6) is 5.88 Å². The second kappa shape index (κ2) is 11.4. The van der Waals surface area contributed by atoms with Crippen molar-refractivity contribution in [1.82, 2.24) is 20.2 Å². The second-order valence-electron chi connectivity index (χ2n) is 8.69. The summed E-state index contributed by atoms with van der Waals surface area (Å²) < 4.78 is 5.39. The highest BCUT2D eigenvalue weighted by atomic mass is 16.5. The molecule has 1 fully saturated rings. The Hall–Kier alpha value is -3.96. The number of hydrogen-bond acceptors (Lipinski definition) is 7. The summed E-state index contributed by atoms with van der Waals surface area (Å²) in [6.07, 6.45) is 5.65. The number of amides is 1. The molecule has 3 heterocycles. The normalized spacial score (nSPS) is 14.3. The Morgan fingerprint density at radius 1 is 1.20 bits per heavy atom. The van der Waals surface area contributed by atoms with Gasteiger partial charge in [-0.2, -0.15) is 5.26 Å². The molecule has 35 heavy (non-hydrogen) atoms. The molecule has 4 rings (SSSR count). The third-order valence-corrected chi connectivity index (χ3v) is 6.25. The minimum atomic E-state index is -0.308. The van der Waals surface area contributed by atoms with E-state index in [9.17, 15) is 10.1 Å². The van der Waals surface area contributed by atoms with Crippen LogP contribution in [0.3, 0.4) is 0 Å². The molecule has 180 valence electrons. The highest BCUT2D eigenvalue weighted by Crippen LogP contribution is 2.24. The van der Waals surface area contributed by atoms with Gasteiger partial charge in [-0.15, -0.1) is 0 Å². The van der Waals surface area contributed by atoms with Crippen LogP contribution >= 0.6 is 0 Å². The number of carbonyl (C=O) groups excluding carboxylic acids is 1. The van der Waals surface area contributed by atoms with Gasteiger partial charge < -0.3 is 15.8 Å². The summed E-state index contributed by atoms with van der Waals surface area (Å²) in [7, 11) is 0. The first-order valence-electron chi connectivity index (χ1n) is 11.9. The largest absolute Gasteiger partial charge is 0.477 e. The predicted molar refractivity (Wildman–Crippen MR) is 135 cm³/mol. The Morgan fingerprint density at radius 2 is 1.97 bits per heavy atom. The number of likely N-dealkylation sites (tertiary alicyclic amines) is 1. The number of nitrogens with one attached hydrogen (secondary N) is 1. The van der Waals surface area contributed by atoms with E-state index in [1.165, 1.54) is 22.8 Å². The Bertz CT molecular complexity index is 1200. The van der Waals surface area contributed by atoms with Crippen LogP contribution < -0.4 is 15.8 Å². The van der Waals surface area contributed by atoms with Crippen molar-refractivity contribution >= 4 is 11.6 Å². The van der Waals surface area contributed by atoms with Crippen LogP contribution in [0, 0.1) is 17.2 Å². The number of pyridine rings is 2. The molecule has 1 amide bonds. The van der Waals surface area contributed by atoms with E-state index in [0.29, 0.717) is 19.1 Å². The Labute approximate surface area is 205 Å². The maximum absolute atomic E-state index is 12.7. The van der Waals surface area contributed by atoms with Crippen LogP contribution in [0.1, 0.15) is 41.4 Å². The van der Waals surface area contributed by atoms with Gasteiger partial charge in [-0.05, 0) is 79.7 Å². The third kappa shape index (κ3) is 6.14. The lowest BCUT2D eigenvalue weighted by atomic mass is 9.96. The van der Waals surface area contributed by atoms with E-state index >= 15 is 0 Å². The Balaban J connectivity index is 1.28. The van der Waals surface area contributed by atoms with Gasteiger partial charge in [-0.1, -0.05) is 18.2 Å². The second-order valence-corrected chi connectivity index (χ2v) is 8.69. The Morgan fingerprint density at radius 3 is 2.69 bits per heavy atom. The molecule has 0 saturated carbocycles. The number of benzene rings is 1. The molecule has 1 aromatic carbocycles. The van der Waals surface area contributed by atoms with Gasteiger partial charge in [-0.25, -0.2) is 4.98 Å². The van der Waals surface area contributed by atoms with E-state index in [-0.39, 0.29) is 28.7 Å². The number of anilines is 1. The van der Waals surface area contributed by atoms with Crippen molar-refractivity contribution in [2.45, 2.75) is 26.3 Å². The fourth-order valence-corrected chi connectivity index (χ4v) is 4.34. The summed E-state index contributed by atoms with van der Waals surface area (Å²) >= 11 is 0. The molecule has 0 unspecified atom stereocenters. The topological polar surface area (TPSA) is 117 Å². The van der Waals surface area contributed by atoms with Gasteiger partial charge in [0.25, 0.3) is 5.91 Å². The first kappa shape index (κ1) is 24.2. The van der Waals surface area contributed by atoms with Crippen molar-refractivity contribution in [1.29, 1.82) is 5.26 Å². The molecule has 3 aromatic rings. The summed E-state index contributed by atoms with van der Waals surface area (Å²) in [4.78, 5) is 23.4. The molecule has 8 heteroatoms. The lowest BCUT2D eigenvalue weighted by Gasteiger charge is -2.32. The smallest absolute Gasteiger partial charge is 0.270 e. The number of aromatic nitrogens is 2. The quantitative estimate of drug-likeness (QED) is 0.516. The molecule has 1 aliphatic rings. The molecule has 8 nitrogen and oxygen atoms in total. The Kier molecular flexibility index (Phi) is 7.91. The van der Waals surface area contributed by atoms with Gasteiger partial charge in [0.15, 0.2) is 0 Å². The number of nitrogen functional groups attached to an aromatic ring is 1. The molecule has 3 N–H and O–H groups in total. The van der Waals surface area contributed by atoms with E-state index in [4.69, 9.17) is 10.5 Å². The summed E-state index contributed by atoms with van der Waals surface area (Å²) in [5.41, 5.74) is 10.1. The highest BCUT2D eigenvalue weighted by Gasteiger charge is 2.21. The molecular formula is C27H30N6O2. The van der Waals surface area contributed by atoms with Gasteiger partial charge in [0.05, 0.1) is 12.3 Å². The number of piperidine rings is 1. The lowest BCUT2D eigenvalue weighted by Crippen LogP contribution is -2.38. The minimum Gasteiger partial charge on any atom is -0.477 e. The molecule has 0 atom stereocenters.